The molecule has 0 radical (unpaired) electrons. The van der Waals surface area contributed by atoms with Crippen molar-refractivity contribution in [3.63, 3.8) is 0 Å². The number of rotatable bonds is 6. The Kier molecular flexibility index (Phi) is 6.85. The van der Waals surface area contributed by atoms with Crippen LogP contribution in [0.2, 0.25) is 0 Å². The smallest absolute Gasteiger partial charge is 0.344 e. The Morgan fingerprint density at radius 1 is 1.24 bits per heavy atom. The predicted octanol–water partition coefficient (Wildman–Crippen LogP) is 3.31. The fraction of sp³-hybridized carbons (Fsp3) is 0.600. The van der Waals surface area contributed by atoms with Gasteiger partial charge >= 0.3 is 5.97 Å². The van der Waals surface area contributed by atoms with Crippen molar-refractivity contribution in [1.82, 2.24) is 5.32 Å². The Hall–Kier alpha value is -2.04. The molecule has 1 aromatic carbocycles. The molecule has 5 nitrogen and oxygen atoms in total. The van der Waals surface area contributed by atoms with E-state index in [-0.39, 0.29) is 18.6 Å². The Bertz CT molecular complexity index is 614. The van der Waals surface area contributed by atoms with Crippen LogP contribution in [0.25, 0.3) is 0 Å². The van der Waals surface area contributed by atoms with Crippen molar-refractivity contribution in [2.24, 2.45) is 5.92 Å². The first-order chi connectivity index (χ1) is 11.9. The molecule has 0 saturated heterocycles. The van der Waals surface area contributed by atoms with E-state index in [9.17, 15) is 9.59 Å². The number of carbonyl (C=O) groups excluding carboxylic acids is 2. The number of ether oxygens (including phenoxy) is 2. The molecule has 138 valence electrons. The highest BCUT2D eigenvalue weighted by Gasteiger charge is 2.26. The molecular formula is C20H29NO4. The van der Waals surface area contributed by atoms with E-state index in [1.54, 1.807) is 6.92 Å². The van der Waals surface area contributed by atoms with E-state index in [1.807, 2.05) is 32.0 Å². The van der Waals surface area contributed by atoms with Crippen molar-refractivity contribution >= 4 is 11.9 Å². The van der Waals surface area contributed by atoms with E-state index in [1.165, 1.54) is 6.42 Å². The van der Waals surface area contributed by atoms with E-state index in [4.69, 9.17) is 9.47 Å². The summed E-state index contributed by atoms with van der Waals surface area (Å²) in [6.07, 6.45) is 3.65. The van der Waals surface area contributed by atoms with Crippen molar-refractivity contribution in [3.05, 3.63) is 29.3 Å². The molecule has 1 N–H and O–H groups in total. The molecule has 0 spiro atoms. The molecule has 3 atom stereocenters. The van der Waals surface area contributed by atoms with Gasteiger partial charge in [0.2, 0.25) is 0 Å². The minimum absolute atomic E-state index is 0.175. The number of benzene rings is 1. The zero-order chi connectivity index (χ0) is 18.4. The summed E-state index contributed by atoms with van der Waals surface area (Å²) in [6.45, 7) is 7.47. The maximum absolute atomic E-state index is 12.2. The maximum Gasteiger partial charge on any atom is 0.344 e. The largest absolute Gasteiger partial charge is 0.482 e. The average Bonchev–Trinajstić information content (AvgIpc) is 2.58. The van der Waals surface area contributed by atoms with Crippen LogP contribution in [0, 0.1) is 19.8 Å². The van der Waals surface area contributed by atoms with Crippen molar-refractivity contribution in [2.75, 3.05) is 6.61 Å². The second-order valence-electron chi connectivity index (χ2n) is 7.00. The van der Waals surface area contributed by atoms with Gasteiger partial charge in [-0.3, -0.25) is 4.79 Å². The van der Waals surface area contributed by atoms with Gasteiger partial charge in [0.15, 0.2) is 12.7 Å². The molecule has 2 rings (SSSR count). The van der Waals surface area contributed by atoms with E-state index in [2.05, 4.69) is 12.2 Å². The third kappa shape index (κ3) is 5.48. The number of carbonyl (C=O) groups is 2. The second kappa shape index (κ2) is 8.88. The Balaban J connectivity index is 1.79. The van der Waals surface area contributed by atoms with Gasteiger partial charge < -0.3 is 14.8 Å². The molecule has 0 aliphatic heterocycles. The first kappa shape index (κ1) is 19.3. The highest BCUT2D eigenvalue weighted by Crippen LogP contribution is 2.24. The van der Waals surface area contributed by atoms with Gasteiger partial charge in [-0.15, -0.1) is 0 Å². The lowest BCUT2D eigenvalue weighted by atomic mass is 9.86. The summed E-state index contributed by atoms with van der Waals surface area (Å²) in [5.41, 5.74) is 2.09. The SMILES string of the molecule is Cc1cccc(OCC(=O)O[C@H](C)C(=O)N[C@@H]2CCCC[C@@H]2C)c1C. The van der Waals surface area contributed by atoms with Crippen LogP contribution >= 0.6 is 0 Å². The molecule has 1 aromatic rings. The fourth-order valence-corrected chi connectivity index (χ4v) is 3.13. The number of nitrogens with one attached hydrogen (secondary N) is 1. The molecule has 0 bridgehead atoms. The quantitative estimate of drug-likeness (QED) is 0.802. The molecule has 5 heteroatoms. The monoisotopic (exact) mass is 347 g/mol. The normalized spacial score (nSPS) is 21.3. The van der Waals surface area contributed by atoms with Crippen LogP contribution in [0.5, 0.6) is 5.75 Å². The average molecular weight is 347 g/mol. The number of amides is 1. The molecule has 0 aromatic heterocycles. The van der Waals surface area contributed by atoms with Gasteiger partial charge in [0, 0.05) is 6.04 Å². The third-order valence-electron chi connectivity index (χ3n) is 5.02. The summed E-state index contributed by atoms with van der Waals surface area (Å²) in [7, 11) is 0. The molecule has 25 heavy (non-hydrogen) atoms. The zero-order valence-electron chi connectivity index (χ0n) is 15.6. The fourth-order valence-electron chi connectivity index (χ4n) is 3.13. The van der Waals surface area contributed by atoms with Gasteiger partial charge in [0.1, 0.15) is 5.75 Å². The van der Waals surface area contributed by atoms with E-state index in [0.29, 0.717) is 11.7 Å². The minimum Gasteiger partial charge on any atom is -0.482 e. The summed E-state index contributed by atoms with van der Waals surface area (Å²) in [4.78, 5) is 24.2. The third-order valence-corrected chi connectivity index (χ3v) is 5.02. The molecule has 1 aliphatic rings. The highest BCUT2D eigenvalue weighted by molar-refractivity contribution is 5.83. The van der Waals surface area contributed by atoms with E-state index < -0.39 is 12.1 Å². The standard InChI is InChI=1S/C20H29NO4/c1-13-9-7-11-18(15(13)3)24-12-19(22)25-16(4)20(23)21-17-10-6-5-8-14(17)2/h7,9,11,14,16-17H,5-6,8,10,12H2,1-4H3,(H,21,23)/t14-,16+,17+/m0/s1. The van der Waals surface area contributed by atoms with Gasteiger partial charge in [-0.25, -0.2) is 4.79 Å². The maximum atomic E-state index is 12.2. The van der Waals surface area contributed by atoms with Gasteiger partial charge in [0.25, 0.3) is 5.91 Å². The Morgan fingerprint density at radius 3 is 2.68 bits per heavy atom. The summed E-state index contributed by atoms with van der Waals surface area (Å²) >= 11 is 0. The van der Waals surface area contributed by atoms with Gasteiger partial charge in [-0.05, 0) is 56.7 Å². The number of esters is 1. The minimum atomic E-state index is -0.816. The lowest BCUT2D eigenvalue weighted by Crippen LogP contribution is -2.46. The summed E-state index contributed by atoms with van der Waals surface area (Å²) < 4.78 is 10.7. The van der Waals surface area contributed by atoms with E-state index >= 15 is 0 Å². The molecule has 1 fully saturated rings. The van der Waals surface area contributed by atoms with Crippen molar-refractivity contribution < 1.29 is 19.1 Å². The molecule has 1 amide bonds. The predicted molar refractivity (Wildman–Crippen MR) is 96.5 cm³/mol. The highest BCUT2D eigenvalue weighted by atomic mass is 16.6. The zero-order valence-corrected chi connectivity index (χ0v) is 15.6. The van der Waals surface area contributed by atoms with Crippen molar-refractivity contribution in [1.29, 1.82) is 0 Å². The van der Waals surface area contributed by atoms with Crippen LogP contribution in [-0.4, -0.2) is 30.6 Å². The van der Waals surface area contributed by atoms with Crippen molar-refractivity contribution in [3.8, 4) is 5.75 Å². The first-order valence-corrected chi connectivity index (χ1v) is 9.07. The first-order valence-electron chi connectivity index (χ1n) is 9.07. The number of hydrogen-bond acceptors (Lipinski definition) is 4. The van der Waals surface area contributed by atoms with Gasteiger partial charge in [-0.1, -0.05) is 31.9 Å². The molecular weight excluding hydrogens is 318 g/mol. The van der Waals surface area contributed by atoms with Gasteiger partial charge in [0.05, 0.1) is 0 Å². The van der Waals surface area contributed by atoms with Gasteiger partial charge in [-0.2, -0.15) is 0 Å². The van der Waals surface area contributed by atoms with Crippen LogP contribution in [0.3, 0.4) is 0 Å². The van der Waals surface area contributed by atoms with Crippen LogP contribution in [0.15, 0.2) is 18.2 Å². The van der Waals surface area contributed by atoms with Crippen LogP contribution < -0.4 is 10.1 Å². The second-order valence-corrected chi connectivity index (χ2v) is 7.00. The Morgan fingerprint density at radius 2 is 1.96 bits per heavy atom. The van der Waals surface area contributed by atoms with Crippen LogP contribution in [0.4, 0.5) is 0 Å². The van der Waals surface area contributed by atoms with Crippen LogP contribution in [0.1, 0.15) is 50.7 Å². The van der Waals surface area contributed by atoms with Crippen molar-refractivity contribution in [2.45, 2.75) is 65.5 Å². The Labute approximate surface area is 150 Å². The van der Waals surface area contributed by atoms with Crippen LogP contribution in [-0.2, 0) is 14.3 Å². The molecule has 1 aliphatic carbocycles. The number of aryl methyl sites for hydroxylation is 1. The molecule has 1 saturated carbocycles. The van der Waals surface area contributed by atoms with E-state index in [0.717, 1.165) is 30.4 Å². The lowest BCUT2D eigenvalue weighted by molar-refractivity contribution is -0.157. The molecule has 0 unspecified atom stereocenters. The summed E-state index contributed by atoms with van der Waals surface area (Å²) in [5.74, 6) is 0.345. The number of hydrogen-bond donors (Lipinski definition) is 1. The molecule has 0 heterocycles. The summed E-state index contributed by atoms with van der Waals surface area (Å²) in [6, 6.07) is 5.85. The topological polar surface area (TPSA) is 64.6 Å². The summed E-state index contributed by atoms with van der Waals surface area (Å²) in [5, 5.41) is 3.01. The lowest BCUT2D eigenvalue weighted by Gasteiger charge is -2.30.